The van der Waals surface area contributed by atoms with Crippen molar-refractivity contribution in [1.82, 2.24) is 15.2 Å². The molecule has 2 aromatic heterocycles. The van der Waals surface area contributed by atoms with E-state index in [1.807, 2.05) is 24.4 Å². The normalized spacial score (nSPS) is 10.9. The second kappa shape index (κ2) is 5.68. The van der Waals surface area contributed by atoms with E-state index >= 15 is 0 Å². The van der Waals surface area contributed by atoms with Gasteiger partial charge in [0.2, 0.25) is 5.13 Å². The summed E-state index contributed by atoms with van der Waals surface area (Å²) in [7, 11) is 0. The summed E-state index contributed by atoms with van der Waals surface area (Å²) in [6, 6.07) is 10.5. The molecule has 0 aliphatic carbocycles. The van der Waals surface area contributed by atoms with Crippen LogP contribution < -0.4 is 5.32 Å². The predicted octanol–water partition coefficient (Wildman–Crippen LogP) is 4.15. The van der Waals surface area contributed by atoms with Crippen molar-refractivity contribution in [2.75, 3.05) is 5.32 Å². The molecule has 20 heavy (non-hydrogen) atoms. The van der Waals surface area contributed by atoms with E-state index in [0.29, 0.717) is 6.04 Å². The SMILES string of the molecule is CC(C)Nc1nnc(-c2cnc(-c3ccccc3)s2)s1. The molecule has 1 N–H and O–H groups in total. The van der Waals surface area contributed by atoms with Crippen LogP contribution in [0.2, 0.25) is 0 Å². The molecule has 1 aromatic carbocycles. The van der Waals surface area contributed by atoms with Crippen molar-refractivity contribution in [3.05, 3.63) is 36.5 Å². The molecule has 0 aliphatic rings. The quantitative estimate of drug-likeness (QED) is 0.786. The van der Waals surface area contributed by atoms with Gasteiger partial charge in [-0.05, 0) is 13.8 Å². The van der Waals surface area contributed by atoms with Gasteiger partial charge in [0.25, 0.3) is 0 Å². The van der Waals surface area contributed by atoms with E-state index < -0.39 is 0 Å². The van der Waals surface area contributed by atoms with Gasteiger partial charge in [0.15, 0.2) is 5.01 Å². The van der Waals surface area contributed by atoms with E-state index in [9.17, 15) is 0 Å². The fourth-order valence-corrected chi connectivity index (χ4v) is 3.56. The lowest BCUT2D eigenvalue weighted by molar-refractivity contribution is 0.888. The summed E-state index contributed by atoms with van der Waals surface area (Å²) in [6.07, 6.45) is 1.87. The molecular formula is C14H14N4S2. The third-order valence-corrected chi connectivity index (χ3v) is 4.64. The van der Waals surface area contributed by atoms with E-state index in [1.54, 1.807) is 22.7 Å². The first-order chi connectivity index (χ1) is 9.72. The van der Waals surface area contributed by atoms with Gasteiger partial charge in [0, 0.05) is 17.8 Å². The maximum absolute atomic E-state index is 4.47. The summed E-state index contributed by atoms with van der Waals surface area (Å²) in [6.45, 7) is 4.17. The third-order valence-electron chi connectivity index (χ3n) is 2.57. The van der Waals surface area contributed by atoms with Crippen molar-refractivity contribution < 1.29 is 0 Å². The van der Waals surface area contributed by atoms with Crippen LogP contribution >= 0.6 is 22.7 Å². The van der Waals surface area contributed by atoms with Crippen molar-refractivity contribution in [3.8, 4) is 20.5 Å². The molecule has 6 heteroatoms. The van der Waals surface area contributed by atoms with Crippen molar-refractivity contribution >= 4 is 27.8 Å². The van der Waals surface area contributed by atoms with Gasteiger partial charge >= 0.3 is 0 Å². The molecule has 0 aliphatic heterocycles. The van der Waals surface area contributed by atoms with Gasteiger partial charge in [-0.1, -0.05) is 41.7 Å². The lowest BCUT2D eigenvalue weighted by atomic mass is 10.2. The van der Waals surface area contributed by atoms with Crippen molar-refractivity contribution in [2.24, 2.45) is 0 Å². The first-order valence-corrected chi connectivity index (χ1v) is 7.97. The first kappa shape index (κ1) is 13.2. The van der Waals surface area contributed by atoms with Crippen LogP contribution in [0.1, 0.15) is 13.8 Å². The van der Waals surface area contributed by atoms with E-state index in [1.165, 1.54) is 0 Å². The molecular weight excluding hydrogens is 288 g/mol. The highest BCUT2D eigenvalue weighted by molar-refractivity contribution is 7.24. The van der Waals surface area contributed by atoms with Gasteiger partial charge in [0.05, 0.1) is 4.88 Å². The van der Waals surface area contributed by atoms with Crippen molar-refractivity contribution in [3.63, 3.8) is 0 Å². The van der Waals surface area contributed by atoms with Gasteiger partial charge in [-0.2, -0.15) is 0 Å². The third kappa shape index (κ3) is 2.86. The number of hydrogen-bond donors (Lipinski definition) is 1. The highest BCUT2D eigenvalue weighted by Gasteiger charge is 2.11. The van der Waals surface area contributed by atoms with Crippen LogP contribution in [0.15, 0.2) is 36.5 Å². The van der Waals surface area contributed by atoms with Gasteiger partial charge in [-0.25, -0.2) is 4.98 Å². The van der Waals surface area contributed by atoms with Crippen LogP contribution in [-0.4, -0.2) is 21.2 Å². The summed E-state index contributed by atoms with van der Waals surface area (Å²) < 4.78 is 0. The Kier molecular flexibility index (Phi) is 3.75. The summed E-state index contributed by atoms with van der Waals surface area (Å²) >= 11 is 3.20. The number of thiazole rings is 1. The van der Waals surface area contributed by atoms with Crippen molar-refractivity contribution in [2.45, 2.75) is 19.9 Å². The Balaban J connectivity index is 1.85. The smallest absolute Gasteiger partial charge is 0.206 e. The summed E-state index contributed by atoms with van der Waals surface area (Å²) in [5, 5.41) is 14.4. The average Bonchev–Trinajstić information content (AvgIpc) is 3.07. The second-order valence-corrected chi connectivity index (χ2v) is 6.62. The lowest BCUT2D eigenvalue weighted by Crippen LogP contribution is -2.08. The van der Waals surface area contributed by atoms with Crippen LogP contribution in [0.5, 0.6) is 0 Å². The maximum Gasteiger partial charge on any atom is 0.206 e. The minimum atomic E-state index is 0.358. The fourth-order valence-electron chi connectivity index (χ4n) is 1.72. The van der Waals surface area contributed by atoms with Gasteiger partial charge in [-0.3, -0.25) is 0 Å². The predicted molar refractivity (Wildman–Crippen MR) is 85.2 cm³/mol. The number of benzene rings is 1. The zero-order valence-corrected chi connectivity index (χ0v) is 12.8. The molecule has 3 aromatic rings. The highest BCUT2D eigenvalue weighted by atomic mass is 32.1. The molecule has 0 bridgehead atoms. The number of anilines is 1. The Morgan fingerprint density at radius 1 is 1.00 bits per heavy atom. The zero-order chi connectivity index (χ0) is 13.9. The zero-order valence-electron chi connectivity index (χ0n) is 11.2. The number of hydrogen-bond acceptors (Lipinski definition) is 6. The van der Waals surface area contributed by atoms with Crippen LogP contribution in [0.25, 0.3) is 20.5 Å². The van der Waals surface area contributed by atoms with Crippen LogP contribution in [0.4, 0.5) is 5.13 Å². The molecule has 102 valence electrons. The Bertz CT molecular complexity index is 688. The van der Waals surface area contributed by atoms with E-state index in [-0.39, 0.29) is 0 Å². The molecule has 0 unspecified atom stereocenters. The molecule has 3 rings (SSSR count). The Morgan fingerprint density at radius 3 is 2.55 bits per heavy atom. The number of nitrogens with one attached hydrogen (secondary N) is 1. The minimum Gasteiger partial charge on any atom is -0.358 e. The van der Waals surface area contributed by atoms with Crippen LogP contribution in [0, 0.1) is 0 Å². The fraction of sp³-hybridized carbons (Fsp3) is 0.214. The van der Waals surface area contributed by atoms with Gasteiger partial charge < -0.3 is 5.32 Å². The molecule has 0 atom stereocenters. The topological polar surface area (TPSA) is 50.7 Å². The molecule has 0 radical (unpaired) electrons. The largest absolute Gasteiger partial charge is 0.358 e. The molecule has 2 heterocycles. The number of rotatable bonds is 4. The Hall–Kier alpha value is -1.79. The number of aromatic nitrogens is 3. The van der Waals surface area contributed by atoms with E-state index in [0.717, 1.165) is 25.6 Å². The molecule has 4 nitrogen and oxygen atoms in total. The summed E-state index contributed by atoms with van der Waals surface area (Å²) in [4.78, 5) is 5.52. The van der Waals surface area contributed by atoms with Gasteiger partial charge in [0.1, 0.15) is 5.01 Å². The monoisotopic (exact) mass is 302 g/mol. The second-order valence-electron chi connectivity index (χ2n) is 4.61. The Labute approximate surface area is 125 Å². The summed E-state index contributed by atoms with van der Waals surface area (Å²) in [5.41, 5.74) is 1.13. The lowest BCUT2D eigenvalue weighted by Gasteiger charge is -2.02. The standard InChI is InChI=1S/C14H14N4S2/c1-9(2)16-14-18-17-13(20-14)11-8-15-12(19-11)10-6-4-3-5-7-10/h3-9H,1-2H3,(H,16,18). The van der Waals surface area contributed by atoms with Crippen molar-refractivity contribution in [1.29, 1.82) is 0 Å². The van der Waals surface area contributed by atoms with E-state index in [4.69, 9.17) is 0 Å². The molecule has 0 amide bonds. The summed E-state index contributed by atoms with van der Waals surface area (Å²) in [5.74, 6) is 0. The highest BCUT2D eigenvalue weighted by Crippen LogP contribution is 2.34. The average molecular weight is 302 g/mol. The van der Waals surface area contributed by atoms with Crippen LogP contribution in [-0.2, 0) is 0 Å². The van der Waals surface area contributed by atoms with Crippen LogP contribution in [0.3, 0.4) is 0 Å². The Morgan fingerprint density at radius 2 is 1.80 bits per heavy atom. The van der Waals surface area contributed by atoms with E-state index in [2.05, 4.69) is 46.5 Å². The maximum atomic E-state index is 4.47. The molecule has 0 saturated carbocycles. The molecule has 0 saturated heterocycles. The number of nitrogens with zero attached hydrogens (tertiary/aromatic N) is 3. The molecule has 0 fully saturated rings. The van der Waals surface area contributed by atoms with Gasteiger partial charge in [-0.15, -0.1) is 21.5 Å². The molecule has 0 spiro atoms. The minimum absolute atomic E-state index is 0.358. The first-order valence-electron chi connectivity index (χ1n) is 6.34.